The summed E-state index contributed by atoms with van der Waals surface area (Å²) in [6.07, 6.45) is 2.63. The summed E-state index contributed by atoms with van der Waals surface area (Å²) in [7, 11) is 0. The van der Waals surface area contributed by atoms with Crippen molar-refractivity contribution in [1.29, 1.82) is 5.26 Å². The number of H-pyrrole nitrogens is 1. The minimum absolute atomic E-state index is 0.103. The molecule has 0 unspecified atom stereocenters. The van der Waals surface area contributed by atoms with Crippen molar-refractivity contribution in [3.8, 4) is 6.07 Å². The second-order valence-electron chi connectivity index (χ2n) is 5.64. The van der Waals surface area contributed by atoms with Crippen LogP contribution in [0, 0.1) is 11.3 Å². The molecule has 1 aromatic heterocycles. The highest BCUT2D eigenvalue weighted by Crippen LogP contribution is 2.22. The van der Waals surface area contributed by atoms with Crippen LogP contribution in [-0.4, -0.2) is 27.7 Å². The summed E-state index contributed by atoms with van der Waals surface area (Å²) in [6.45, 7) is -0.475. The highest BCUT2D eigenvalue weighted by molar-refractivity contribution is 6.35. The van der Waals surface area contributed by atoms with Crippen LogP contribution in [0.5, 0.6) is 0 Å². The first kappa shape index (κ1) is 19.5. The van der Waals surface area contributed by atoms with E-state index in [0.717, 1.165) is 11.6 Å². The van der Waals surface area contributed by atoms with E-state index in [1.54, 1.807) is 30.3 Å². The zero-order valence-corrected chi connectivity index (χ0v) is 15.8. The number of hydrogen-bond donors (Lipinski definition) is 2. The van der Waals surface area contributed by atoms with Gasteiger partial charge in [0.05, 0.1) is 11.0 Å². The van der Waals surface area contributed by atoms with Crippen LogP contribution in [0.15, 0.2) is 54.3 Å². The first-order valence-electron chi connectivity index (χ1n) is 8.05. The SMILES string of the molecule is N#C/C(=C(/O)COC(=O)/C=C/c1ccc(Cl)cc1Cl)c1nc2ccccc2[nH]1. The van der Waals surface area contributed by atoms with Gasteiger partial charge in [-0.25, -0.2) is 9.78 Å². The Morgan fingerprint density at radius 1 is 1.29 bits per heavy atom. The number of fused-ring (bicyclic) bond motifs is 1. The Bertz CT molecular complexity index is 1110. The zero-order chi connectivity index (χ0) is 20.1. The number of aromatic amines is 1. The largest absolute Gasteiger partial charge is 0.507 e. The molecule has 0 aliphatic carbocycles. The topological polar surface area (TPSA) is 99.0 Å². The molecule has 0 aliphatic heterocycles. The second kappa shape index (κ2) is 8.61. The number of carbonyl (C=O) groups is 1. The highest BCUT2D eigenvalue weighted by atomic mass is 35.5. The van der Waals surface area contributed by atoms with Gasteiger partial charge in [0.25, 0.3) is 0 Å². The number of ether oxygens (including phenoxy) is 1. The van der Waals surface area contributed by atoms with Crippen LogP contribution >= 0.6 is 23.2 Å². The molecule has 2 aromatic carbocycles. The van der Waals surface area contributed by atoms with E-state index in [2.05, 4.69) is 9.97 Å². The number of nitrogens with one attached hydrogen (secondary N) is 1. The first-order chi connectivity index (χ1) is 13.5. The molecule has 0 amide bonds. The van der Waals surface area contributed by atoms with E-state index in [4.69, 9.17) is 27.9 Å². The van der Waals surface area contributed by atoms with E-state index in [-0.39, 0.29) is 11.4 Å². The van der Waals surface area contributed by atoms with E-state index >= 15 is 0 Å². The molecule has 0 atom stereocenters. The Balaban J connectivity index is 1.70. The fraction of sp³-hybridized carbons (Fsp3) is 0.0500. The molecule has 28 heavy (non-hydrogen) atoms. The number of benzene rings is 2. The van der Waals surface area contributed by atoms with Crippen molar-refractivity contribution in [2.75, 3.05) is 6.61 Å². The molecule has 3 aromatic rings. The van der Waals surface area contributed by atoms with Gasteiger partial charge in [-0.2, -0.15) is 5.26 Å². The van der Waals surface area contributed by atoms with Gasteiger partial charge in [-0.1, -0.05) is 41.4 Å². The van der Waals surface area contributed by atoms with Gasteiger partial charge >= 0.3 is 5.97 Å². The highest BCUT2D eigenvalue weighted by Gasteiger charge is 2.14. The second-order valence-corrected chi connectivity index (χ2v) is 6.49. The predicted octanol–water partition coefficient (Wildman–Crippen LogP) is 4.92. The summed E-state index contributed by atoms with van der Waals surface area (Å²) in [5.74, 6) is -0.923. The van der Waals surface area contributed by atoms with Crippen molar-refractivity contribution in [1.82, 2.24) is 9.97 Å². The molecule has 8 heteroatoms. The molecule has 0 radical (unpaired) electrons. The Hall–Kier alpha value is -3.27. The van der Waals surface area contributed by atoms with Crippen LogP contribution in [0.1, 0.15) is 11.4 Å². The number of nitrogens with zero attached hydrogens (tertiary/aromatic N) is 2. The average molecular weight is 414 g/mol. The fourth-order valence-electron chi connectivity index (χ4n) is 2.38. The molecule has 0 saturated heterocycles. The van der Waals surface area contributed by atoms with E-state index in [1.807, 2.05) is 18.2 Å². The third-order valence-corrected chi connectivity index (χ3v) is 4.30. The molecular weight excluding hydrogens is 401 g/mol. The number of esters is 1. The fourth-order valence-corrected chi connectivity index (χ4v) is 2.85. The van der Waals surface area contributed by atoms with Crippen molar-refractivity contribution in [2.24, 2.45) is 0 Å². The smallest absolute Gasteiger partial charge is 0.331 e. The molecule has 0 fully saturated rings. The molecule has 140 valence electrons. The van der Waals surface area contributed by atoms with E-state index < -0.39 is 18.3 Å². The molecule has 2 N–H and O–H groups in total. The Labute approximate surface area is 170 Å². The normalized spacial score (nSPS) is 12.0. The zero-order valence-electron chi connectivity index (χ0n) is 14.3. The van der Waals surface area contributed by atoms with E-state index in [0.29, 0.717) is 21.1 Å². The monoisotopic (exact) mass is 413 g/mol. The number of allylic oxidation sites excluding steroid dienone is 1. The molecule has 3 rings (SSSR count). The lowest BCUT2D eigenvalue weighted by atomic mass is 10.2. The number of para-hydroxylation sites is 2. The van der Waals surface area contributed by atoms with Crippen molar-refractivity contribution in [3.05, 3.63) is 75.7 Å². The van der Waals surface area contributed by atoms with E-state index in [1.165, 1.54) is 6.08 Å². The van der Waals surface area contributed by atoms with Crippen molar-refractivity contribution < 1.29 is 14.6 Å². The summed E-state index contributed by atoms with van der Waals surface area (Å²) in [4.78, 5) is 19.1. The number of halogens is 2. The van der Waals surface area contributed by atoms with Crippen LogP contribution < -0.4 is 0 Å². The van der Waals surface area contributed by atoms with Gasteiger partial charge in [-0.05, 0) is 35.9 Å². The Morgan fingerprint density at radius 2 is 2.07 bits per heavy atom. The summed E-state index contributed by atoms with van der Waals surface area (Å²) < 4.78 is 4.97. The number of carbonyl (C=O) groups excluding carboxylic acids is 1. The summed E-state index contributed by atoms with van der Waals surface area (Å²) in [5.41, 5.74) is 1.85. The van der Waals surface area contributed by atoms with Gasteiger partial charge in [0.1, 0.15) is 18.2 Å². The average Bonchev–Trinajstić information content (AvgIpc) is 3.10. The number of aliphatic hydroxyl groups excluding tert-OH is 1. The maximum Gasteiger partial charge on any atom is 0.331 e. The van der Waals surface area contributed by atoms with Crippen LogP contribution in [0.25, 0.3) is 22.7 Å². The molecular formula is C20H13Cl2N3O3. The Kier molecular flexibility index (Phi) is 5.99. The van der Waals surface area contributed by atoms with Crippen LogP contribution in [0.2, 0.25) is 10.0 Å². The maximum absolute atomic E-state index is 11.9. The van der Waals surface area contributed by atoms with Gasteiger partial charge in [0.2, 0.25) is 0 Å². The number of imidazole rings is 1. The van der Waals surface area contributed by atoms with Gasteiger partial charge in [-0.3, -0.25) is 0 Å². The molecule has 0 aliphatic rings. The van der Waals surface area contributed by atoms with Gasteiger partial charge in [0.15, 0.2) is 11.6 Å². The van der Waals surface area contributed by atoms with Crippen LogP contribution in [0.4, 0.5) is 0 Å². The van der Waals surface area contributed by atoms with Crippen LogP contribution in [0.3, 0.4) is 0 Å². The molecule has 0 spiro atoms. The number of aromatic nitrogens is 2. The summed E-state index contributed by atoms with van der Waals surface area (Å²) in [5, 5.41) is 20.4. The standard InChI is InChI=1S/C20H13Cl2N3O3/c21-13-7-5-12(15(22)9-13)6-8-19(27)28-11-18(26)14(10-23)20-24-16-3-1-2-4-17(16)25-20/h1-9,26H,11H2,(H,24,25)/b8-6+,18-14-. The maximum atomic E-state index is 11.9. The van der Waals surface area contributed by atoms with Gasteiger partial charge in [0, 0.05) is 16.1 Å². The molecule has 0 bridgehead atoms. The van der Waals surface area contributed by atoms with Crippen LogP contribution in [-0.2, 0) is 9.53 Å². The third-order valence-electron chi connectivity index (χ3n) is 3.74. The lowest BCUT2D eigenvalue weighted by Crippen LogP contribution is -2.06. The van der Waals surface area contributed by atoms with Crippen molar-refractivity contribution in [2.45, 2.75) is 0 Å². The minimum Gasteiger partial charge on any atom is -0.507 e. The Morgan fingerprint density at radius 3 is 2.79 bits per heavy atom. The van der Waals surface area contributed by atoms with Crippen molar-refractivity contribution >= 4 is 51.9 Å². The predicted molar refractivity (Wildman–Crippen MR) is 108 cm³/mol. The number of rotatable bonds is 5. The van der Waals surface area contributed by atoms with E-state index in [9.17, 15) is 15.2 Å². The van der Waals surface area contributed by atoms with Gasteiger partial charge in [-0.15, -0.1) is 0 Å². The molecule has 0 saturated carbocycles. The first-order valence-corrected chi connectivity index (χ1v) is 8.80. The summed E-state index contributed by atoms with van der Waals surface area (Å²) >= 11 is 11.8. The lowest BCUT2D eigenvalue weighted by Gasteiger charge is -2.03. The third kappa shape index (κ3) is 4.52. The molecule has 1 heterocycles. The summed E-state index contributed by atoms with van der Waals surface area (Å²) in [6, 6.07) is 13.9. The van der Waals surface area contributed by atoms with Gasteiger partial charge < -0.3 is 14.8 Å². The number of nitriles is 1. The number of aliphatic hydroxyl groups is 1. The lowest BCUT2D eigenvalue weighted by molar-refractivity contribution is -0.137. The minimum atomic E-state index is -0.709. The quantitative estimate of drug-likeness (QED) is 0.267. The van der Waals surface area contributed by atoms with Crippen molar-refractivity contribution in [3.63, 3.8) is 0 Å². The number of hydrogen-bond acceptors (Lipinski definition) is 5. The molecule has 6 nitrogen and oxygen atoms in total.